The molecule has 0 saturated heterocycles. The third-order valence-corrected chi connectivity index (χ3v) is 3.99. The fraction of sp³-hybridized carbons (Fsp3) is 0.0526. The van der Waals surface area contributed by atoms with Crippen LogP contribution in [0.2, 0.25) is 0 Å². The topological polar surface area (TPSA) is 89.5 Å². The Labute approximate surface area is 147 Å². The van der Waals surface area contributed by atoms with Crippen LogP contribution in [0.4, 0.5) is 0 Å². The van der Waals surface area contributed by atoms with Crippen LogP contribution in [0.5, 0.6) is 0 Å². The van der Waals surface area contributed by atoms with Gasteiger partial charge in [0.2, 0.25) is 0 Å². The highest BCUT2D eigenvalue weighted by atomic mass is 16.4. The second-order valence-corrected chi connectivity index (χ2v) is 5.73. The minimum absolute atomic E-state index is 0.464. The van der Waals surface area contributed by atoms with Gasteiger partial charge in [-0.05, 0) is 18.2 Å². The number of aliphatic carboxylic acids is 1. The summed E-state index contributed by atoms with van der Waals surface area (Å²) in [7, 11) is 0. The molecule has 0 atom stereocenters. The van der Waals surface area contributed by atoms with Gasteiger partial charge in [0, 0.05) is 17.8 Å². The van der Waals surface area contributed by atoms with E-state index in [1.165, 1.54) is 6.07 Å². The molecule has 4 aromatic rings. The van der Waals surface area contributed by atoms with Gasteiger partial charge in [-0.3, -0.25) is 9.59 Å². The number of carbonyl (C=O) groups is 1. The Balaban J connectivity index is 1.99. The van der Waals surface area contributed by atoms with E-state index in [-0.39, 0.29) is 0 Å². The largest absolute Gasteiger partial charge is 0.480 e. The third kappa shape index (κ3) is 2.75. The van der Waals surface area contributed by atoms with Crippen molar-refractivity contribution in [1.29, 1.82) is 0 Å². The van der Waals surface area contributed by atoms with Gasteiger partial charge in [-0.1, -0.05) is 36.4 Å². The van der Waals surface area contributed by atoms with E-state index in [0.29, 0.717) is 11.4 Å². The van der Waals surface area contributed by atoms with Gasteiger partial charge in [0.05, 0.1) is 16.8 Å². The number of rotatable bonds is 4. The molecule has 1 N–H and O–H groups in total. The number of carboxylic acid groups (broad SMARTS) is 1. The lowest BCUT2D eigenvalue weighted by Gasteiger charge is -2.06. The number of aromatic nitrogens is 4. The van der Waals surface area contributed by atoms with Crippen molar-refractivity contribution in [3.8, 4) is 22.5 Å². The summed E-state index contributed by atoms with van der Waals surface area (Å²) in [4.78, 5) is 22.9. The predicted octanol–water partition coefficient (Wildman–Crippen LogP) is 2.31. The first-order valence-corrected chi connectivity index (χ1v) is 7.96. The average Bonchev–Trinajstić information content (AvgIpc) is 3.03. The summed E-state index contributed by atoms with van der Waals surface area (Å²) in [6.45, 7) is -0.493. The summed E-state index contributed by atoms with van der Waals surface area (Å²) in [5, 5.41) is 17.9. The molecule has 128 valence electrons. The Morgan fingerprint density at radius 1 is 0.962 bits per heavy atom. The van der Waals surface area contributed by atoms with E-state index in [2.05, 4.69) is 10.2 Å². The van der Waals surface area contributed by atoms with E-state index in [9.17, 15) is 9.59 Å². The Morgan fingerprint density at radius 3 is 2.50 bits per heavy atom. The minimum Gasteiger partial charge on any atom is -0.480 e. The first kappa shape index (κ1) is 15.8. The van der Waals surface area contributed by atoms with Gasteiger partial charge >= 0.3 is 5.97 Å². The van der Waals surface area contributed by atoms with Crippen molar-refractivity contribution < 1.29 is 9.90 Å². The van der Waals surface area contributed by atoms with Gasteiger partial charge in [-0.15, -0.1) is 0 Å². The van der Waals surface area contributed by atoms with Gasteiger partial charge in [0.1, 0.15) is 12.2 Å². The average molecular weight is 346 g/mol. The Hall–Kier alpha value is -3.74. The van der Waals surface area contributed by atoms with Gasteiger partial charge < -0.3 is 5.11 Å². The number of pyridine rings is 1. The van der Waals surface area contributed by atoms with Crippen LogP contribution in [0.3, 0.4) is 0 Å². The van der Waals surface area contributed by atoms with Crippen LogP contribution in [0.1, 0.15) is 0 Å². The highest BCUT2D eigenvalue weighted by Gasteiger charge is 2.18. The third-order valence-electron chi connectivity index (χ3n) is 3.99. The molecule has 0 saturated carbocycles. The quantitative estimate of drug-likeness (QED) is 0.612. The molecule has 0 aliphatic carbocycles. The molecule has 3 heterocycles. The summed E-state index contributed by atoms with van der Waals surface area (Å²) >= 11 is 0. The van der Waals surface area contributed by atoms with Crippen molar-refractivity contribution in [1.82, 2.24) is 19.4 Å². The molecule has 7 nitrogen and oxygen atoms in total. The van der Waals surface area contributed by atoms with E-state index in [4.69, 9.17) is 5.11 Å². The molecular formula is C19H14N4O3. The first-order valence-electron chi connectivity index (χ1n) is 7.96. The van der Waals surface area contributed by atoms with Crippen LogP contribution in [0, 0.1) is 0 Å². The van der Waals surface area contributed by atoms with Gasteiger partial charge in [0.25, 0.3) is 5.56 Å². The van der Waals surface area contributed by atoms with Crippen LogP contribution < -0.4 is 5.56 Å². The Kier molecular flexibility index (Phi) is 3.81. The van der Waals surface area contributed by atoms with Crippen molar-refractivity contribution in [3.05, 3.63) is 77.2 Å². The minimum atomic E-state index is -1.13. The molecule has 0 aliphatic rings. The summed E-state index contributed by atoms with van der Waals surface area (Å²) in [5.74, 6) is -1.13. The lowest BCUT2D eigenvalue weighted by molar-refractivity contribution is -0.138. The molecule has 0 spiro atoms. The van der Waals surface area contributed by atoms with Gasteiger partial charge in [0.15, 0.2) is 0 Å². The van der Waals surface area contributed by atoms with Crippen molar-refractivity contribution >= 4 is 11.5 Å². The zero-order valence-corrected chi connectivity index (χ0v) is 13.6. The predicted molar refractivity (Wildman–Crippen MR) is 95.8 cm³/mol. The number of fused-ring (bicyclic) bond motifs is 1. The second kappa shape index (κ2) is 6.29. The maximum atomic E-state index is 11.9. The van der Waals surface area contributed by atoms with E-state index in [1.54, 1.807) is 10.6 Å². The molecule has 0 radical (unpaired) electrons. The van der Waals surface area contributed by atoms with Crippen molar-refractivity contribution in [2.45, 2.75) is 6.54 Å². The highest BCUT2D eigenvalue weighted by molar-refractivity contribution is 5.90. The van der Waals surface area contributed by atoms with E-state index < -0.39 is 18.1 Å². The summed E-state index contributed by atoms with van der Waals surface area (Å²) in [5.41, 5.74) is 3.21. The zero-order valence-electron chi connectivity index (χ0n) is 13.6. The van der Waals surface area contributed by atoms with Crippen LogP contribution in [-0.4, -0.2) is 30.5 Å². The van der Waals surface area contributed by atoms with Crippen LogP contribution >= 0.6 is 0 Å². The second-order valence-electron chi connectivity index (χ2n) is 5.73. The number of hydrogen-bond acceptors (Lipinski definition) is 4. The highest BCUT2D eigenvalue weighted by Crippen LogP contribution is 2.33. The molecule has 4 rings (SSSR count). The lowest BCUT2D eigenvalue weighted by atomic mass is 10.0. The normalized spacial score (nSPS) is 10.9. The smallest absolute Gasteiger partial charge is 0.325 e. The monoisotopic (exact) mass is 346 g/mol. The van der Waals surface area contributed by atoms with Crippen LogP contribution in [0.25, 0.3) is 28.0 Å². The zero-order chi connectivity index (χ0) is 18.1. The lowest BCUT2D eigenvalue weighted by Crippen LogP contribution is -2.26. The fourth-order valence-corrected chi connectivity index (χ4v) is 2.87. The molecule has 0 aliphatic heterocycles. The van der Waals surface area contributed by atoms with Gasteiger partial charge in [-0.25, -0.2) is 9.20 Å². The van der Waals surface area contributed by atoms with Gasteiger partial charge in [-0.2, -0.15) is 10.2 Å². The maximum absolute atomic E-state index is 11.9. The molecule has 0 amide bonds. The van der Waals surface area contributed by atoms with Crippen molar-refractivity contribution in [2.75, 3.05) is 0 Å². The van der Waals surface area contributed by atoms with E-state index in [1.807, 2.05) is 54.7 Å². The molecule has 0 unspecified atom stereocenters. The number of carboxylic acids is 1. The Morgan fingerprint density at radius 2 is 1.73 bits per heavy atom. The number of benzene rings is 1. The molecule has 26 heavy (non-hydrogen) atoms. The Bertz CT molecular complexity index is 1160. The summed E-state index contributed by atoms with van der Waals surface area (Å²) in [6.07, 6.45) is 1.83. The van der Waals surface area contributed by atoms with Crippen molar-refractivity contribution in [2.24, 2.45) is 0 Å². The van der Waals surface area contributed by atoms with E-state index in [0.717, 1.165) is 21.3 Å². The number of nitrogens with zero attached hydrogens (tertiary/aromatic N) is 4. The summed E-state index contributed by atoms with van der Waals surface area (Å²) < 4.78 is 2.69. The van der Waals surface area contributed by atoms with Crippen molar-refractivity contribution in [3.63, 3.8) is 0 Å². The van der Waals surface area contributed by atoms with Crippen LogP contribution in [-0.2, 0) is 11.3 Å². The van der Waals surface area contributed by atoms with Crippen LogP contribution in [0.15, 0.2) is 71.7 Å². The number of hydrogen-bond donors (Lipinski definition) is 1. The molecule has 3 aromatic heterocycles. The first-order chi connectivity index (χ1) is 12.6. The van der Waals surface area contributed by atoms with E-state index >= 15 is 0 Å². The molecular weight excluding hydrogens is 332 g/mol. The molecule has 1 aromatic carbocycles. The SMILES string of the molecule is O=C(O)Cn1nc(-c2c(-c3ccccc3)nn3ccccc23)ccc1=O. The molecule has 7 heteroatoms. The maximum Gasteiger partial charge on any atom is 0.325 e. The standard InChI is InChI=1S/C19H14N4O3/c24-16-10-9-14(20-23(16)12-17(25)26)18-15-8-4-5-11-22(15)21-19(18)13-6-2-1-3-7-13/h1-11H,12H2,(H,25,26). The molecule has 0 fully saturated rings. The summed E-state index contributed by atoms with van der Waals surface area (Å²) in [6, 6.07) is 18.2. The fourth-order valence-electron chi connectivity index (χ4n) is 2.87. The molecule has 0 bridgehead atoms.